The summed E-state index contributed by atoms with van der Waals surface area (Å²) < 4.78 is 13.0. The van der Waals surface area contributed by atoms with E-state index in [1.165, 1.54) is 23.1 Å². The molecule has 0 unspecified atom stereocenters. The second kappa shape index (κ2) is 5.90. The number of piperidine rings is 1. The molecule has 1 saturated heterocycles. The molecule has 6 heteroatoms. The summed E-state index contributed by atoms with van der Waals surface area (Å²) in [6.07, 6.45) is 1.27. The summed E-state index contributed by atoms with van der Waals surface area (Å²) in [6, 6.07) is 3.78. The van der Waals surface area contributed by atoms with E-state index in [4.69, 9.17) is 5.11 Å². The highest BCUT2D eigenvalue weighted by Crippen LogP contribution is 2.20. The van der Waals surface area contributed by atoms with Crippen molar-refractivity contribution >= 4 is 17.7 Å². The van der Waals surface area contributed by atoms with Crippen molar-refractivity contribution in [1.82, 2.24) is 4.90 Å². The number of aliphatic carboxylic acids is 1. The zero-order valence-electron chi connectivity index (χ0n) is 11.2. The molecule has 1 aromatic carbocycles. The van der Waals surface area contributed by atoms with E-state index in [1.807, 2.05) is 0 Å². The summed E-state index contributed by atoms with van der Waals surface area (Å²) in [7, 11) is 0. The molecule has 1 fully saturated rings. The van der Waals surface area contributed by atoms with Crippen LogP contribution in [0.25, 0.3) is 0 Å². The van der Waals surface area contributed by atoms with Crippen LogP contribution < -0.4 is 5.32 Å². The number of hydrogen-bond acceptors (Lipinski definition) is 2. The maximum absolute atomic E-state index is 13.0. The largest absolute Gasteiger partial charge is 0.481 e. The molecule has 5 nitrogen and oxygen atoms in total. The number of nitrogens with one attached hydrogen (secondary N) is 1. The van der Waals surface area contributed by atoms with E-state index in [2.05, 4.69) is 5.32 Å². The molecule has 1 atom stereocenters. The van der Waals surface area contributed by atoms with Gasteiger partial charge in [0.15, 0.2) is 0 Å². The summed E-state index contributed by atoms with van der Waals surface area (Å²) in [6.45, 7) is 2.45. The molecule has 0 aliphatic carbocycles. The summed E-state index contributed by atoms with van der Waals surface area (Å²) in [5, 5.41) is 11.7. The second-order valence-electron chi connectivity index (χ2n) is 5.01. The average Bonchev–Trinajstić information content (AvgIpc) is 2.42. The van der Waals surface area contributed by atoms with Gasteiger partial charge in [0.05, 0.1) is 5.92 Å². The Morgan fingerprint density at radius 1 is 1.45 bits per heavy atom. The molecular weight excluding hydrogens is 263 g/mol. The van der Waals surface area contributed by atoms with Crippen LogP contribution in [0, 0.1) is 18.7 Å². The highest BCUT2D eigenvalue weighted by Gasteiger charge is 2.28. The van der Waals surface area contributed by atoms with Crippen LogP contribution in [0.3, 0.4) is 0 Å². The first-order chi connectivity index (χ1) is 9.47. The number of carboxylic acids is 1. The molecule has 0 saturated carbocycles. The van der Waals surface area contributed by atoms with Crippen LogP contribution in [0.2, 0.25) is 0 Å². The molecule has 2 rings (SSSR count). The molecule has 1 aliphatic heterocycles. The minimum Gasteiger partial charge on any atom is -0.481 e. The third-order valence-corrected chi connectivity index (χ3v) is 3.49. The Kier molecular flexibility index (Phi) is 4.22. The smallest absolute Gasteiger partial charge is 0.321 e. The van der Waals surface area contributed by atoms with Gasteiger partial charge < -0.3 is 15.3 Å². The van der Waals surface area contributed by atoms with E-state index in [1.54, 1.807) is 6.92 Å². The molecule has 0 spiro atoms. The van der Waals surface area contributed by atoms with Gasteiger partial charge in [-0.05, 0) is 43.5 Å². The first kappa shape index (κ1) is 14.3. The third kappa shape index (κ3) is 3.26. The zero-order valence-corrected chi connectivity index (χ0v) is 11.2. The number of benzene rings is 1. The summed E-state index contributed by atoms with van der Waals surface area (Å²) in [5.74, 6) is -1.74. The van der Waals surface area contributed by atoms with Crippen molar-refractivity contribution in [3.8, 4) is 0 Å². The number of carbonyl (C=O) groups is 2. The van der Waals surface area contributed by atoms with Crippen molar-refractivity contribution in [1.29, 1.82) is 0 Å². The van der Waals surface area contributed by atoms with Crippen LogP contribution in [0.4, 0.5) is 14.9 Å². The van der Waals surface area contributed by atoms with Crippen molar-refractivity contribution in [3.05, 3.63) is 29.6 Å². The average molecular weight is 280 g/mol. The van der Waals surface area contributed by atoms with Crippen LogP contribution in [-0.4, -0.2) is 35.1 Å². The lowest BCUT2D eigenvalue weighted by Crippen LogP contribution is -2.44. The fourth-order valence-corrected chi connectivity index (χ4v) is 2.32. The van der Waals surface area contributed by atoms with Crippen molar-refractivity contribution < 1.29 is 19.1 Å². The van der Waals surface area contributed by atoms with Crippen LogP contribution in [0.15, 0.2) is 18.2 Å². The van der Waals surface area contributed by atoms with E-state index in [-0.39, 0.29) is 18.4 Å². The predicted octanol–water partition coefficient (Wildman–Crippen LogP) is 2.46. The highest BCUT2D eigenvalue weighted by atomic mass is 19.1. The number of aryl methyl sites for hydroxylation is 1. The van der Waals surface area contributed by atoms with Crippen molar-refractivity contribution in [3.63, 3.8) is 0 Å². The number of carbonyl (C=O) groups excluding carboxylic acids is 1. The maximum atomic E-state index is 13.0. The Morgan fingerprint density at radius 2 is 2.20 bits per heavy atom. The molecule has 0 radical (unpaired) electrons. The monoisotopic (exact) mass is 280 g/mol. The van der Waals surface area contributed by atoms with Gasteiger partial charge in [0.2, 0.25) is 0 Å². The van der Waals surface area contributed by atoms with Gasteiger partial charge in [0, 0.05) is 18.8 Å². The zero-order chi connectivity index (χ0) is 14.7. The molecule has 2 N–H and O–H groups in total. The molecule has 20 heavy (non-hydrogen) atoms. The van der Waals surface area contributed by atoms with Gasteiger partial charge >= 0.3 is 12.0 Å². The van der Waals surface area contributed by atoms with Gasteiger partial charge in [0.25, 0.3) is 0 Å². The lowest BCUT2D eigenvalue weighted by Gasteiger charge is -2.30. The molecule has 0 aromatic heterocycles. The maximum Gasteiger partial charge on any atom is 0.321 e. The number of hydrogen-bond donors (Lipinski definition) is 2. The quantitative estimate of drug-likeness (QED) is 0.874. The summed E-state index contributed by atoms with van der Waals surface area (Å²) in [5.41, 5.74) is 1.17. The Balaban J connectivity index is 2.02. The molecule has 1 heterocycles. The van der Waals surface area contributed by atoms with Crippen molar-refractivity contribution in [2.75, 3.05) is 18.4 Å². The van der Waals surface area contributed by atoms with E-state index in [9.17, 15) is 14.0 Å². The number of anilines is 1. The first-order valence-corrected chi connectivity index (χ1v) is 6.52. The van der Waals surface area contributed by atoms with E-state index in [0.717, 1.165) is 0 Å². The number of halogens is 1. The highest BCUT2D eigenvalue weighted by molar-refractivity contribution is 5.90. The minimum absolute atomic E-state index is 0.210. The number of likely N-dealkylation sites (tertiary alicyclic amines) is 1. The predicted molar refractivity (Wildman–Crippen MR) is 72.1 cm³/mol. The number of carboxylic acid groups (broad SMARTS) is 1. The van der Waals surface area contributed by atoms with Crippen LogP contribution >= 0.6 is 0 Å². The molecule has 0 bridgehead atoms. The summed E-state index contributed by atoms with van der Waals surface area (Å²) >= 11 is 0. The second-order valence-corrected chi connectivity index (χ2v) is 5.01. The van der Waals surface area contributed by atoms with Gasteiger partial charge in [0.1, 0.15) is 5.82 Å². The topological polar surface area (TPSA) is 69.6 Å². The Labute approximate surface area is 116 Å². The van der Waals surface area contributed by atoms with E-state index < -0.39 is 11.9 Å². The number of amides is 2. The lowest BCUT2D eigenvalue weighted by atomic mass is 9.99. The number of rotatable bonds is 2. The molecule has 108 valence electrons. The standard InChI is InChI=1S/C14H17FN2O3/c1-9-7-11(15)4-5-12(9)16-14(20)17-6-2-3-10(8-17)13(18)19/h4-5,7,10H,2-3,6,8H2,1H3,(H,16,20)(H,18,19)/t10-/m1/s1. The van der Waals surface area contributed by atoms with Crippen molar-refractivity contribution in [2.24, 2.45) is 5.92 Å². The van der Waals surface area contributed by atoms with Crippen LogP contribution in [-0.2, 0) is 4.79 Å². The summed E-state index contributed by atoms with van der Waals surface area (Å²) in [4.78, 5) is 24.6. The van der Waals surface area contributed by atoms with Gasteiger partial charge in [-0.3, -0.25) is 4.79 Å². The molecule has 1 aliphatic rings. The fourth-order valence-electron chi connectivity index (χ4n) is 2.32. The fraction of sp³-hybridized carbons (Fsp3) is 0.429. The normalized spacial score (nSPS) is 18.7. The number of urea groups is 1. The molecule has 2 amide bonds. The molecular formula is C14H17FN2O3. The van der Waals surface area contributed by atoms with Crippen LogP contribution in [0.1, 0.15) is 18.4 Å². The van der Waals surface area contributed by atoms with Gasteiger partial charge in [-0.25, -0.2) is 9.18 Å². The van der Waals surface area contributed by atoms with Crippen molar-refractivity contribution in [2.45, 2.75) is 19.8 Å². The first-order valence-electron chi connectivity index (χ1n) is 6.52. The molecule has 1 aromatic rings. The minimum atomic E-state index is -0.875. The van der Waals surface area contributed by atoms with Gasteiger partial charge in [-0.2, -0.15) is 0 Å². The van der Waals surface area contributed by atoms with E-state index in [0.29, 0.717) is 30.6 Å². The number of nitrogens with zero attached hydrogens (tertiary/aromatic N) is 1. The third-order valence-electron chi connectivity index (χ3n) is 3.49. The Bertz CT molecular complexity index is 533. The van der Waals surface area contributed by atoms with Gasteiger partial charge in [-0.15, -0.1) is 0 Å². The van der Waals surface area contributed by atoms with Gasteiger partial charge in [-0.1, -0.05) is 0 Å². The van der Waals surface area contributed by atoms with E-state index >= 15 is 0 Å². The lowest BCUT2D eigenvalue weighted by molar-refractivity contribution is -0.143. The van der Waals surface area contributed by atoms with Crippen LogP contribution in [0.5, 0.6) is 0 Å². The SMILES string of the molecule is Cc1cc(F)ccc1NC(=O)N1CCC[C@@H](C(=O)O)C1. The Morgan fingerprint density at radius 3 is 2.85 bits per heavy atom. The Hall–Kier alpha value is -2.11.